The Bertz CT molecular complexity index is 913. The summed E-state index contributed by atoms with van der Waals surface area (Å²) >= 11 is 0. The maximum Gasteiger partial charge on any atom is 0.227 e. The maximum atomic E-state index is 12.7. The lowest BCUT2D eigenvalue weighted by Crippen LogP contribution is -2.37. The van der Waals surface area contributed by atoms with Crippen molar-refractivity contribution in [1.29, 1.82) is 0 Å². The molecule has 7 nitrogen and oxygen atoms in total. The van der Waals surface area contributed by atoms with Crippen LogP contribution >= 0.6 is 0 Å². The van der Waals surface area contributed by atoms with Crippen molar-refractivity contribution in [3.8, 4) is 5.75 Å². The number of hydrogen-bond donors (Lipinski definition) is 0. The Kier molecular flexibility index (Phi) is 5.47. The zero-order valence-corrected chi connectivity index (χ0v) is 16.9. The van der Waals surface area contributed by atoms with E-state index in [2.05, 4.69) is 4.98 Å². The first kappa shape index (κ1) is 19.4. The van der Waals surface area contributed by atoms with Gasteiger partial charge in [-0.05, 0) is 24.1 Å². The van der Waals surface area contributed by atoms with E-state index in [0.29, 0.717) is 26.1 Å². The molecule has 0 spiro atoms. The van der Waals surface area contributed by atoms with Crippen LogP contribution < -0.4 is 4.74 Å². The van der Waals surface area contributed by atoms with E-state index in [1.807, 2.05) is 40.3 Å². The van der Waals surface area contributed by atoms with Crippen molar-refractivity contribution in [2.24, 2.45) is 0 Å². The van der Waals surface area contributed by atoms with Crippen LogP contribution in [0.3, 0.4) is 0 Å². The maximum absolute atomic E-state index is 12.7. The van der Waals surface area contributed by atoms with E-state index in [-0.39, 0.29) is 17.7 Å². The first-order valence-corrected chi connectivity index (χ1v) is 10.0. The van der Waals surface area contributed by atoms with Crippen molar-refractivity contribution in [3.63, 3.8) is 0 Å². The Labute approximate surface area is 170 Å². The molecule has 2 aliphatic rings. The van der Waals surface area contributed by atoms with Gasteiger partial charge in [-0.3, -0.25) is 9.59 Å². The molecule has 0 saturated carbocycles. The van der Waals surface area contributed by atoms with Crippen molar-refractivity contribution in [2.45, 2.75) is 38.6 Å². The summed E-state index contributed by atoms with van der Waals surface area (Å²) in [6.45, 7) is 4.29. The number of benzene rings is 1. The molecule has 2 aromatic rings. The van der Waals surface area contributed by atoms with Gasteiger partial charge in [0.15, 0.2) is 0 Å². The highest BCUT2D eigenvalue weighted by Gasteiger charge is 2.29. The van der Waals surface area contributed by atoms with Crippen LogP contribution in [0.25, 0.3) is 0 Å². The van der Waals surface area contributed by atoms with Crippen LogP contribution in [0.5, 0.6) is 5.75 Å². The largest absolute Gasteiger partial charge is 0.497 e. The van der Waals surface area contributed by atoms with E-state index >= 15 is 0 Å². The molecular formula is C22H26N4O3. The molecule has 1 atom stereocenters. The molecule has 1 aromatic carbocycles. The average molecular weight is 394 g/mol. The van der Waals surface area contributed by atoms with Crippen molar-refractivity contribution in [2.75, 3.05) is 26.7 Å². The van der Waals surface area contributed by atoms with Gasteiger partial charge in [0, 0.05) is 57.2 Å². The smallest absolute Gasteiger partial charge is 0.227 e. The number of likely N-dealkylation sites (tertiary alicyclic amines) is 1. The van der Waals surface area contributed by atoms with Gasteiger partial charge >= 0.3 is 0 Å². The fourth-order valence-electron chi connectivity index (χ4n) is 4.03. The first-order valence-electron chi connectivity index (χ1n) is 10.0. The molecule has 4 rings (SSSR count). The summed E-state index contributed by atoms with van der Waals surface area (Å²) in [4.78, 5) is 37.4. The van der Waals surface area contributed by atoms with E-state index in [4.69, 9.17) is 9.72 Å². The molecule has 0 unspecified atom stereocenters. The lowest BCUT2D eigenvalue weighted by atomic mass is 10.0. The van der Waals surface area contributed by atoms with Gasteiger partial charge in [0.1, 0.15) is 11.6 Å². The summed E-state index contributed by atoms with van der Waals surface area (Å²) in [5.74, 6) is 2.04. The highest BCUT2D eigenvalue weighted by molar-refractivity contribution is 5.79. The lowest BCUT2D eigenvalue weighted by Gasteiger charge is -2.28. The number of ether oxygens (including phenoxy) is 1. The first-order chi connectivity index (χ1) is 14.0. The van der Waals surface area contributed by atoms with Crippen LogP contribution in [0.4, 0.5) is 0 Å². The van der Waals surface area contributed by atoms with Crippen LogP contribution in [0, 0.1) is 0 Å². The fraction of sp³-hybridized carbons (Fsp3) is 0.455. The molecule has 1 saturated heterocycles. The molecule has 29 heavy (non-hydrogen) atoms. The van der Waals surface area contributed by atoms with E-state index in [9.17, 15) is 9.59 Å². The van der Waals surface area contributed by atoms with Crippen LogP contribution in [0.15, 0.2) is 30.5 Å². The zero-order valence-electron chi connectivity index (χ0n) is 16.9. The summed E-state index contributed by atoms with van der Waals surface area (Å²) in [5, 5.41) is 0. The molecule has 1 aromatic heterocycles. The second kappa shape index (κ2) is 8.19. The number of carbonyl (C=O) groups is 2. The number of amides is 2. The Balaban J connectivity index is 1.39. The molecule has 0 radical (unpaired) electrons. The van der Waals surface area contributed by atoms with Crippen molar-refractivity contribution in [3.05, 3.63) is 53.1 Å². The van der Waals surface area contributed by atoms with Crippen LogP contribution in [0.2, 0.25) is 0 Å². The Hall–Kier alpha value is -2.96. The number of carbonyl (C=O) groups excluding carboxylic acids is 2. The van der Waals surface area contributed by atoms with Crippen molar-refractivity contribution >= 4 is 11.8 Å². The highest BCUT2D eigenvalue weighted by atomic mass is 16.5. The second-order valence-electron chi connectivity index (χ2n) is 7.74. The number of hydrogen-bond acceptors (Lipinski definition) is 5. The molecule has 0 bridgehead atoms. The summed E-state index contributed by atoms with van der Waals surface area (Å²) in [6.07, 6.45) is 3.88. The molecular weight excluding hydrogens is 368 g/mol. The van der Waals surface area contributed by atoms with Gasteiger partial charge in [-0.25, -0.2) is 9.97 Å². The number of fused-ring (bicyclic) bond motifs is 1. The molecule has 1 fully saturated rings. The van der Waals surface area contributed by atoms with Gasteiger partial charge in [0.05, 0.1) is 19.2 Å². The molecule has 3 heterocycles. The minimum absolute atomic E-state index is 0.108. The quantitative estimate of drug-likeness (QED) is 0.792. The molecule has 152 valence electrons. The van der Waals surface area contributed by atoms with Crippen LogP contribution in [0.1, 0.15) is 41.9 Å². The Morgan fingerprint density at radius 2 is 1.97 bits per heavy atom. The minimum atomic E-state index is 0.108. The number of aromatic nitrogens is 2. The predicted octanol–water partition coefficient (Wildman–Crippen LogP) is 1.95. The summed E-state index contributed by atoms with van der Waals surface area (Å²) in [7, 11) is 1.63. The highest BCUT2D eigenvalue weighted by Crippen LogP contribution is 2.26. The van der Waals surface area contributed by atoms with E-state index in [0.717, 1.165) is 47.8 Å². The SMILES string of the molecule is COc1ccc(CC(=O)N2CCc3nc([C@H]4CCN(C(C)=O)C4)ncc3C2)cc1. The average Bonchev–Trinajstić information content (AvgIpc) is 3.24. The van der Waals surface area contributed by atoms with Gasteiger partial charge in [-0.2, -0.15) is 0 Å². The summed E-state index contributed by atoms with van der Waals surface area (Å²) in [6, 6.07) is 7.60. The van der Waals surface area contributed by atoms with Crippen molar-refractivity contribution < 1.29 is 14.3 Å². The third-order valence-corrected chi connectivity index (χ3v) is 5.82. The minimum Gasteiger partial charge on any atom is -0.497 e. The fourth-order valence-corrected chi connectivity index (χ4v) is 4.03. The van der Waals surface area contributed by atoms with E-state index < -0.39 is 0 Å². The van der Waals surface area contributed by atoms with Crippen LogP contribution in [-0.2, 0) is 29.0 Å². The predicted molar refractivity (Wildman–Crippen MR) is 107 cm³/mol. The molecule has 2 amide bonds. The normalized spacial score (nSPS) is 18.5. The van der Waals surface area contributed by atoms with Gasteiger partial charge < -0.3 is 14.5 Å². The van der Waals surface area contributed by atoms with E-state index in [1.165, 1.54) is 0 Å². The number of nitrogens with zero attached hydrogens (tertiary/aromatic N) is 4. The zero-order chi connectivity index (χ0) is 20.4. The van der Waals surface area contributed by atoms with Crippen LogP contribution in [-0.4, -0.2) is 58.3 Å². The number of rotatable bonds is 4. The van der Waals surface area contributed by atoms with Gasteiger partial charge in [0.25, 0.3) is 0 Å². The van der Waals surface area contributed by atoms with Gasteiger partial charge in [-0.15, -0.1) is 0 Å². The Morgan fingerprint density at radius 3 is 2.66 bits per heavy atom. The van der Waals surface area contributed by atoms with Crippen molar-refractivity contribution in [1.82, 2.24) is 19.8 Å². The van der Waals surface area contributed by atoms with Gasteiger partial charge in [0.2, 0.25) is 11.8 Å². The van der Waals surface area contributed by atoms with Gasteiger partial charge in [-0.1, -0.05) is 12.1 Å². The lowest BCUT2D eigenvalue weighted by molar-refractivity contribution is -0.131. The molecule has 7 heteroatoms. The topological polar surface area (TPSA) is 75.6 Å². The molecule has 2 aliphatic heterocycles. The Morgan fingerprint density at radius 1 is 1.17 bits per heavy atom. The van der Waals surface area contributed by atoms with E-state index in [1.54, 1.807) is 14.0 Å². The third kappa shape index (κ3) is 4.23. The molecule has 0 aliphatic carbocycles. The summed E-state index contributed by atoms with van der Waals surface area (Å²) in [5.41, 5.74) is 3.03. The number of methoxy groups -OCH3 is 1. The molecule has 0 N–H and O–H groups in total. The second-order valence-corrected chi connectivity index (χ2v) is 7.74. The monoisotopic (exact) mass is 394 g/mol. The summed E-state index contributed by atoms with van der Waals surface area (Å²) < 4.78 is 5.16. The third-order valence-electron chi connectivity index (χ3n) is 5.82. The standard InChI is InChI=1S/C22H26N4O3/c1-15(27)25-9-7-17(13-25)22-23-12-18-14-26(10-8-20(18)24-22)21(28)11-16-3-5-19(29-2)6-4-16/h3-6,12,17H,7-11,13-14H2,1-2H3/t17-/m0/s1.